The van der Waals surface area contributed by atoms with Crippen LogP contribution in [0, 0.1) is 11.8 Å². The van der Waals surface area contributed by atoms with Crippen molar-refractivity contribution >= 4 is 63.7 Å². The second-order valence-corrected chi connectivity index (χ2v) is 12.2. The SMILES string of the molecule is O=C(NN1CC2CCCC2C1)c1nn(-c2ccc(Cl)cc2Cl)c2c1CCC/C2=C\c1ccc(Cl)s1. The van der Waals surface area contributed by atoms with Crippen LogP contribution >= 0.6 is 46.1 Å². The van der Waals surface area contributed by atoms with E-state index < -0.39 is 0 Å². The molecule has 5 nitrogen and oxygen atoms in total. The van der Waals surface area contributed by atoms with E-state index in [1.807, 2.05) is 22.9 Å². The molecule has 1 amide bonds. The van der Waals surface area contributed by atoms with E-state index in [0.29, 0.717) is 33.3 Å². The number of nitrogens with zero attached hydrogens (tertiary/aromatic N) is 3. The summed E-state index contributed by atoms with van der Waals surface area (Å²) in [6.07, 6.45) is 8.61. The summed E-state index contributed by atoms with van der Waals surface area (Å²) < 4.78 is 2.57. The quantitative estimate of drug-likeness (QED) is 0.377. The molecule has 35 heavy (non-hydrogen) atoms. The molecule has 182 valence electrons. The van der Waals surface area contributed by atoms with Crippen molar-refractivity contribution < 1.29 is 4.79 Å². The Morgan fingerprint density at radius 1 is 1.06 bits per heavy atom. The highest BCUT2D eigenvalue weighted by Crippen LogP contribution is 2.39. The van der Waals surface area contributed by atoms with Gasteiger partial charge in [0.15, 0.2) is 5.69 Å². The molecule has 0 radical (unpaired) electrons. The Bertz CT molecular complexity index is 1320. The molecule has 3 aromatic rings. The number of aromatic nitrogens is 2. The summed E-state index contributed by atoms with van der Waals surface area (Å²) in [7, 11) is 0. The molecule has 2 aliphatic carbocycles. The largest absolute Gasteiger partial charge is 0.286 e. The van der Waals surface area contributed by atoms with E-state index in [4.69, 9.17) is 39.9 Å². The van der Waals surface area contributed by atoms with Crippen LogP contribution < -0.4 is 5.43 Å². The summed E-state index contributed by atoms with van der Waals surface area (Å²) in [5, 5.41) is 7.99. The summed E-state index contributed by atoms with van der Waals surface area (Å²) in [5.41, 5.74) is 7.36. The topological polar surface area (TPSA) is 50.2 Å². The van der Waals surface area contributed by atoms with E-state index in [1.54, 1.807) is 12.1 Å². The molecule has 2 aromatic heterocycles. The van der Waals surface area contributed by atoms with Crippen LogP contribution in [0.1, 0.15) is 58.7 Å². The van der Waals surface area contributed by atoms with Crippen LogP contribution in [0.2, 0.25) is 14.4 Å². The summed E-state index contributed by atoms with van der Waals surface area (Å²) in [6, 6.07) is 9.28. The number of fused-ring (bicyclic) bond motifs is 2. The Balaban J connectivity index is 1.41. The van der Waals surface area contributed by atoms with E-state index in [-0.39, 0.29) is 5.91 Å². The Kier molecular flexibility index (Phi) is 6.44. The number of rotatable bonds is 4. The number of carbonyl (C=O) groups is 1. The normalized spacial score (nSPS) is 23.0. The van der Waals surface area contributed by atoms with Crippen LogP contribution in [0.3, 0.4) is 0 Å². The molecule has 1 aromatic carbocycles. The molecule has 9 heteroatoms. The molecule has 3 heterocycles. The number of hydrogen-bond donors (Lipinski definition) is 1. The Morgan fingerprint density at radius 2 is 1.86 bits per heavy atom. The minimum atomic E-state index is -0.148. The lowest BCUT2D eigenvalue weighted by molar-refractivity contribution is 0.0807. The highest BCUT2D eigenvalue weighted by Gasteiger charge is 2.37. The van der Waals surface area contributed by atoms with Gasteiger partial charge in [-0.15, -0.1) is 11.3 Å². The predicted molar refractivity (Wildman–Crippen MR) is 144 cm³/mol. The number of allylic oxidation sites excluding steroid dienone is 1. The first kappa shape index (κ1) is 23.6. The third-order valence-electron chi connectivity index (χ3n) is 7.41. The van der Waals surface area contributed by atoms with Crippen molar-refractivity contribution in [2.24, 2.45) is 11.8 Å². The highest BCUT2D eigenvalue weighted by atomic mass is 35.5. The number of nitrogens with one attached hydrogen (secondary N) is 1. The van der Waals surface area contributed by atoms with Gasteiger partial charge < -0.3 is 0 Å². The average Bonchev–Trinajstić information content (AvgIpc) is 3.58. The Hall–Kier alpha value is -1.83. The second-order valence-electron chi connectivity index (χ2n) is 9.65. The smallest absolute Gasteiger partial charge is 0.283 e. The molecule has 1 N–H and O–H groups in total. The number of hydrogen-bond acceptors (Lipinski definition) is 4. The highest BCUT2D eigenvalue weighted by molar-refractivity contribution is 7.17. The maximum Gasteiger partial charge on any atom is 0.286 e. The monoisotopic (exact) mass is 546 g/mol. The lowest BCUT2D eigenvalue weighted by atomic mass is 9.90. The zero-order chi connectivity index (χ0) is 24.1. The first-order valence-electron chi connectivity index (χ1n) is 12.1. The van der Waals surface area contributed by atoms with Crippen LogP contribution in [0.5, 0.6) is 0 Å². The third kappa shape index (κ3) is 4.56. The van der Waals surface area contributed by atoms with Gasteiger partial charge in [0.25, 0.3) is 5.91 Å². The van der Waals surface area contributed by atoms with Crippen LogP contribution in [0.25, 0.3) is 17.3 Å². The zero-order valence-corrected chi connectivity index (χ0v) is 22.2. The molecule has 6 rings (SSSR count). The fourth-order valence-electron chi connectivity index (χ4n) is 5.84. The molecular formula is C26H25Cl3N4OS. The Morgan fingerprint density at radius 3 is 2.57 bits per heavy atom. The lowest BCUT2D eigenvalue weighted by Gasteiger charge is -2.20. The Labute approximate surface area is 223 Å². The van der Waals surface area contributed by atoms with Crippen molar-refractivity contribution in [1.29, 1.82) is 0 Å². The standard InChI is InChI=1S/C26H25Cl3N4OS/c27-18-7-9-22(21(28)12-18)33-25-15(11-19-8-10-23(29)35-19)3-2-6-20(25)24(30-33)26(34)31-32-13-16-4-1-5-17(16)14-32/h7-12,16-17H,1-6,13-14H2,(H,31,34)/b15-11+. The zero-order valence-electron chi connectivity index (χ0n) is 19.1. The van der Waals surface area contributed by atoms with Gasteiger partial charge in [-0.25, -0.2) is 9.69 Å². The van der Waals surface area contributed by atoms with Crippen molar-refractivity contribution in [1.82, 2.24) is 20.2 Å². The van der Waals surface area contributed by atoms with Crippen LogP contribution in [-0.4, -0.2) is 33.8 Å². The number of amides is 1. The second kappa shape index (κ2) is 9.56. The molecule has 0 spiro atoms. The number of benzene rings is 1. The van der Waals surface area contributed by atoms with Crippen molar-refractivity contribution in [3.8, 4) is 5.69 Å². The van der Waals surface area contributed by atoms with Gasteiger partial charge in [-0.1, -0.05) is 41.2 Å². The van der Waals surface area contributed by atoms with Crippen molar-refractivity contribution in [3.63, 3.8) is 0 Å². The lowest BCUT2D eigenvalue weighted by Crippen LogP contribution is -2.41. The summed E-state index contributed by atoms with van der Waals surface area (Å²) in [5.74, 6) is 1.24. The van der Waals surface area contributed by atoms with Crippen LogP contribution in [0.4, 0.5) is 0 Å². The van der Waals surface area contributed by atoms with Gasteiger partial charge in [0, 0.05) is 28.6 Å². The summed E-state index contributed by atoms with van der Waals surface area (Å²) in [6.45, 7) is 1.85. The molecule has 2 unspecified atom stereocenters. The van der Waals surface area contributed by atoms with Crippen molar-refractivity contribution in [3.05, 3.63) is 66.5 Å². The number of hydrazine groups is 1. The molecule has 1 saturated heterocycles. The first-order valence-corrected chi connectivity index (χ1v) is 14.0. The fourth-order valence-corrected chi connectivity index (χ4v) is 7.36. The van der Waals surface area contributed by atoms with Gasteiger partial charge in [-0.05, 0) is 85.9 Å². The van der Waals surface area contributed by atoms with Gasteiger partial charge in [0.1, 0.15) is 0 Å². The minimum Gasteiger partial charge on any atom is -0.283 e. The number of halogens is 3. The van der Waals surface area contributed by atoms with Gasteiger partial charge in [-0.3, -0.25) is 10.2 Å². The van der Waals surface area contributed by atoms with E-state index in [9.17, 15) is 4.79 Å². The molecule has 1 saturated carbocycles. The van der Waals surface area contributed by atoms with Crippen LogP contribution in [0.15, 0.2) is 30.3 Å². The molecule has 0 bridgehead atoms. The first-order chi connectivity index (χ1) is 17.0. The van der Waals surface area contributed by atoms with Gasteiger partial charge in [0.2, 0.25) is 0 Å². The van der Waals surface area contributed by atoms with Gasteiger partial charge in [-0.2, -0.15) is 5.10 Å². The molecule has 1 aliphatic heterocycles. The maximum absolute atomic E-state index is 13.5. The van der Waals surface area contributed by atoms with E-state index in [2.05, 4.69) is 16.5 Å². The fraction of sp³-hybridized carbons (Fsp3) is 0.385. The third-order valence-corrected chi connectivity index (χ3v) is 9.13. The summed E-state index contributed by atoms with van der Waals surface area (Å²) >= 11 is 20.5. The predicted octanol–water partition coefficient (Wildman–Crippen LogP) is 7.15. The van der Waals surface area contributed by atoms with Crippen LogP contribution in [-0.2, 0) is 6.42 Å². The number of thiophene rings is 1. The number of carbonyl (C=O) groups excluding carboxylic acids is 1. The van der Waals surface area contributed by atoms with Crippen molar-refractivity contribution in [2.75, 3.05) is 13.1 Å². The summed E-state index contributed by atoms with van der Waals surface area (Å²) in [4.78, 5) is 14.6. The minimum absolute atomic E-state index is 0.148. The molecule has 2 atom stereocenters. The van der Waals surface area contributed by atoms with E-state index in [0.717, 1.165) is 58.4 Å². The maximum atomic E-state index is 13.5. The van der Waals surface area contributed by atoms with Gasteiger partial charge in [0.05, 0.1) is 20.7 Å². The van der Waals surface area contributed by atoms with Gasteiger partial charge >= 0.3 is 0 Å². The molecule has 3 aliphatic rings. The van der Waals surface area contributed by atoms with E-state index >= 15 is 0 Å². The van der Waals surface area contributed by atoms with E-state index in [1.165, 1.54) is 30.6 Å². The molecule has 2 fully saturated rings. The average molecular weight is 548 g/mol. The molecular weight excluding hydrogens is 523 g/mol. The van der Waals surface area contributed by atoms with Crippen molar-refractivity contribution in [2.45, 2.75) is 38.5 Å².